The van der Waals surface area contributed by atoms with E-state index in [2.05, 4.69) is 4.98 Å². The highest BCUT2D eigenvalue weighted by Gasteiger charge is 2.30. The van der Waals surface area contributed by atoms with Crippen LogP contribution in [0, 0.1) is 0 Å². The first-order valence-corrected chi connectivity index (χ1v) is 7.97. The molecule has 0 spiro atoms. The lowest BCUT2D eigenvalue weighted by molar-refractivity contribution is 0.0722. The standard InChI is InChI=1S/C14H17N3O3S/c18-7-2-4-10-3-1-5-16(10)12(19)11-9-15-14-17(13(11)20)6-8-21-14/h6,8-10,18H,1-5,7H2. The van der Waals surface area contributed by atoms with E-state index in [1.165, 1.54) is 21.9 Å². The Morgan fingerprint density at radius 3 is 3.19 bits per heavy atom. The third-order valence-corrected chi connectivity index (χ3v) is 4.68. The minimum atomic E-state index is -0.306. The van der Waals surface area contributed by atoms with E-state index in [9.17, 15) is 9.59 Å². The summed E-state index contributed by atoms with van der Waals surface area (Å²) in [5, 5.41) is 10.7. The molecule has 1 saturated heterocycles. The molecule has 2 aromatic heterocycles. The number of aliphatic hydroxyl groups is 1. The predicted molar refractivity (Wildman–Crippen MR) is 79.7 cm³/mol. The molecule has 7 heteroatoms. The van der Waals surface area contributed by atoms with Gasteiger partial charge in [0.15, 0.2) is 4.96 Å². The second-order valence-electron chi connectivity index (χ2n) is 5.19. The van der Waals surface area contributed by atoms with Crippen LogP contribution in [0.15, 0.2) is 22.6 Å². The van der Waals surface area contributed by atoms with E-state index in [-0.39, 0.29) is 29.7 Å². The van der Waals surface area contributed by atoms with Crippen molar-refractivity contribution in [3.63, 3.8) is 0 Å². The Labute approximate surface area is 125 Å². The first-order valence-electron chi connectivity index (χ1n) is 7.09. The van der Waals surface area contributed by atoms with Crippen molar-refractivity contribution in [3.05, 3.63) is 33.7 Å². The quantitative estimate of drug-likeness (QED) is 0.919. The Hall–Kier alpha value is -1.73. The molecule has 1 aliphatic rings. The fourth-order valence-corrected chi connectivity index (χ4v) is 3.53. The van der Waals surface area contributed by atoms with Gasteiger partial charge < -0.3 is 10.0 Å². The maximum Gasteiger partial charge on any atom is 0.271 e. The minimum absolute atomic E-state index is 0.118. The zero-order valence-corrected chi connectivity index (χ0v) is 12.4. The molecule has 1 amide bonds. The van der Waals surface area contributed by atoms with Crippen molar-refractivity contribution in [3.8, 4) is 0 Å². The third kappa shape index (κ3) is 2.58. The van der Waals surface area contributed by atoms with Crippen LogP contribution in [0.5, 0.6) is 0 Å². The first-order chi connectivity index (χ1) is 10.2. The van der Waals surface area contributed by atoms with Crippen LogP contribution < -0.4 is 5.56 Å². The molecule has 21 heavy (non-hydrogen) atoms. The number of carbonyl (C=O) groups is 1. The van der Waals surface area contributed by atoms with Crippen molar-refractivity contribution >= 4 is 22.2 Å². The molecule has 1 fully saturated rings. The average Bonchev–Trinajstić information content (AvgIpc) is 3.14. The van der Waals surface area contributed by atoms with Crippen LogP contribution in [0.1, 0.15) is 36.0 Å². The normalized spacial score (nSPS) is 18.5. The maximum atomic E-state index is 12.6. The molecule has 0 radical (unpaired) electrons. The molecule has 112 valence electrons. The second kappa shape index (κ2) is 5.95. The van der Waals surface area contributed by atoms with Gasteiger partial charge in [0, 0.05) is 37.0 Å². The molecule has 0 bridgehead atoms. The number of aromatic nitrogens is 2. The minimum Gasteiger partial charge on any atom is -0.396 e. The number of hydrogen-bond donors (Lipinski definition) is 1. The van der Waals surface area contributed by atoms with E-state index in [0.29, 0.717) is 17.9 Å². The van der Waals surface area contributed by atoms with Gasteiger partial charge in [0.2, 0.25) is 0 Å². The van der Waals surface area contributed by atoms with Gasteiger partial charge in [-0.1, -0.05) is 0 Å². The fraction of sp³-hybridized carbons (Fsp3) is 0.500. The zero-order chi connectivity index (χ0) is 14.8. The molecular weight excluding hydrogens is 290 g/mol. The Balaban J connectivity index is 1.89. The number of rotatable bonds is 4. The molecule has 1 N–H and O–H groups in total. The van der Waals surface area contributed by atoms with Crippen LogP contribution in [-0.2, 0) is 0 Å². The number of thiazole rings is 1. The molecule has 1 aliphatic heterocycles. The van der Waals surface area contributed by atoms with Gasteiger partial charge >= 0.3 is 0 Å². The first kappa shape index (κ1) is 14.2. The third-order valence-electron chi connectivity index (χ3n) is 3.91. The maximum absolute atomic E-state index is 12.6. The molecular formula is C14H17N3O3S. The lowest BCUT2D eigenvalue weighted by Crippen LogP contribution is -2.39. The van der Waals surface area contributed by atoms with E-state index < -0.39 is 0 Å². The van der Waals surface area contributed by atoms with E-state index in [1.807, 2.05) is 0 Å². The van der Waals surface area contributed by atoms with Crippen LogP contribution >= 0.6 is 11.3 Å². The Morgan fingerprint density at radius 1 is 1.52 bits per heavy atom. The number of fused-ring (bicyclic) bond motifs is 1. The molecule has 6 nitrogen and oxygen atoms in total. The van der Waals surface area contributed by atoms with Crippen molar-refractivity contribution in [2.45, 2.75) is 31.7 Å². The number of hydrogen-bond acceptors (Lipinski definition) is 5. The van der Waals surface area contributed by atoms with Gasteiger partial charge in [-0.25, -0.2) is 4.98 Å². The Bertz CT molecular complexity index is 709. The van der Waals surface area contributed by atoms with Crippen molar-refractivity contribution in [2.75, 3.05) is 13.2 Å². The molecule has 0 aromatic carbocycles. The highest BCUT2D eigenvalue weighted by atomic mass is 32.1. The van der Waals surface area contributed by atoms with Crippen LogP contribution in [0.3, 0.4) is 0 Å². The smallest absolute Gasteiger partial charge is 0.271 e. The molecule has 0 aliphatic carbocycles. The van der Waals surface area contributed by atoms with Crippen molar-refractivity contribution < 1.29 is 9.90 Å². The summed E-state index contributed by atoms with van der Waals surface area (Å²) in [6.07, 6.45) is 6.35. The average molecular weight is 307 g/mol. The highest BCUT2D eigenvalue weighted by molar-refractivity contribution is 7.15. The number of aliphatic hydroxyl groups excluding tert-OH is 1. The van der Waals surface area contributed by atoms with E-state index >= 15 is 0 Å². The number of carbonyl (C=O) groups excluding carboxylic acids is 1. The summed E-state index contributed by atoms with van der Waals surface area (Å²) in [5.41, 5.74) is -0.180. The van der Waals surface area contributed by atoms with Gasteiger partial charge in [-0.05, 0) is 25.7 Å². The lowest BCUT2D eigenvalue weighted by atomic mass is 10.1. The summed E-state index contributed by atoms with van der Waals surface area (Å²) in [6, 6.07) is 0.118. The Kier molecular flexibility index (Phi) is 4.03. The molecule has 3 rings (SSSR count). The van der Waals surface area contributed by atoms with Gasteiger partial charge in [0.25, 0.3) is 11.5 Å². The van der Waals surface area contributed by atoms with Crippen LogP contribution in [0.2, 0.25) is 0 Å². The number of likely N-dealkylation sites (tertiary alicyclic amines) is 1. The summed E-state index contributed by atoms with van der Waals surface area (Å²) in [5.74, 6) is -0.242. The largest absolute Gasteiger partial charge is 0.396 e. The van der Waals surface area contributed by atoms with Crippen molar-refractivity contribution in [2.24, 2.45) is 0 Å². The molecule has 0 saturated carbocycles. The van der Waals surface area contributed by atoms with Gasteiger partial charge in [-0.3, -0.25) is 14.0 Å². The van der Waals surface area contributed by atoms with E-state index in [0.717, 1.165) is 19.3 Å². The highest BCUT2D eigenvalue weighted by Crippen LogP contribution is 2.22. The lowest BCUT2D eigenvalue weighted by Gasteiger charge is -2.24. The monoisotopic (exact) mass is 307 g/mol. The topological polar surface area (TPSA) is 74.9 Å². The molecule has 3 heterocycles. The second-order valence-corrected chi connectivity index (χ2v) is 6.07. The summed E-state index contributed by atoms with van der Waals surface area (Å²) < 4.78 is 1.41. The Morgan fingerprint density at radius 2 is 2.38 bits per heavy atom. The molecule has 1 atom stereocenters. The van der Waals surface area contributed by atoms with Crippen molar-refractivity contribution in [1.82, 2.24) is 14.3 Å². The van der Waals surface area contributed by atoms with Gasteiger partial charge in [-0.2, -0.15) is 0 Å². The predicted octanol–water partition coefficient (Wildman–Crippen LogP) is 1.13. The fourth-order valence-electron chi connectivity index (χ4n) is 2.86. The summed E-state index contributed by atoms with van der Waals surface area (Å²) in [4.78, 5) is 31.5. The molecule has 1 unspecified atom stereocenters. The van der Waals surface area contributed by atoms with Crippen LogP contribution in [-0.4, -0.2) is 44.5 Å². The SMILES string of the molecule is O=C(c1cnc2sccn2c1=O)N1CCCC1CCCO. The van der Waals surface area contributed by atoms with E-state index in [4.69, 9.17) is 5.11 Å². The van der Waals surface area contributed by atoms with Crippen LogP contribution in [0.4, 0.5) is 0 Å². The van der Waals surface area contributed by atoms with Crippen LogP contribution in [0.25, 0.3) is 4.96 Å². The molecule has 2 aromatic rings. The van der Waals surface area contributed by atoms with E-state index in [1.54, 1.807) is 16.5 Å². The van der Waals surface area contributed by atoms with Gasteiger partial charge in [-0.15, -0.1) is 11.3 Å². The van der Waals surface area contributed by atoms with Gasteiger partial charge in [0.1, 0.15) is 5.56 Å². The van der Waals surface area contributed by atoms with Crippen molar-refractivity contribution in [1.29, 1.82) is 0 Å². The summed E-state index contributed by atoms with van der Waals surface area (Å²) in [7, 11) is 0. The summed E-state index contributed by atoms with van der Waals surface area (Å²) in [6.45, 7) is 0.796. The number of amides is 1. The zero-order valence-electron chi connectivity index (χ0n) is 11.6. The summed E-state index contributed by atoms with van der Waals surface area (Å²) >= 11 is 1.36. The van der Waals surface area contributed by atoms with Gasteiger partial charge in [0.05, 0.1) is 0 Å². The number of nitrogens with zero attached hydrogens (tertiary/aromatic N) is 3.